The van der Waals surface area contributed by atoms with E-state index in [-0.39, 0.29) is 17.5 Å². The molecule has 1 heterocycles. The van der Waals surface area contributed by atoms with Crippen molar-refractivity contribution in [1.82, 2.24) is 10.2 Å². The van der Waals surface area contributed by atoms with E-state index in [2.05, 4.69) is 20.3 Å². The number of aromatic amines is 1. The van der Waals surface area contributed by atoms with E-state index in [0.29, 0.717) is 22.2 Å². The molecule has 0 aliphatic carbocycles. The van der Waals surface area contributed by atoms with Gasteiger partial charge >= 0.3 is 11.9 Å². The number of ether oxygens (including phenoxy) is 2. The summed E-state index contributed by atoms with van der Waals surface area (Å²) >= 11 is 0. The van der Waals surface area contributed by atoms with Crippen LogP contribution in [0.3, 0.4) is 0 Å². The number of esters is 2. The third-order valence-corrected chi connectivity index (χ3v) is 4.38. The van der Waals surface area contributed by atoms with Gasteiger partial charge in [0.25, 0.3) is 11.5 Å². The molecule has 0 saturated heterocycles. The predicted molar refractivity (Wildman–Crippen MR) is 108 cm³/mol. The van der Waals surface area contributed by atoms with E-state index in [1.807, 2.05) is 0 Å². The van der Waals surface area contributed by atoms with Crippen molar-refractivity contribution in [3.63, 3.8) is 0 Å². The van der Waals surface area contributed by atoms with Crippen molar-refractivity contribution in [2.75, 3.05) is 19.0 Å². The molecule has 1 aromatic heterocycles. The highest BCUT2D eigenvalue weighted by Gasteiger charge is 2.15. The molecule has 3 rings (SSSR count). The van der Waals surface area contributed by atoms with Crippen LogP contribution in [0.25, 0.3) is 10.8 Å². The Bertz CT molecular complexity index is 1180. The molecule has 0 fully saturated rings. The number of carbonyl (C=O) groups excluding carboxylic acids is 3. The zero-order chi connectivity index (χ0) is 21.7. The first-order chi connectivity index (χ1) is 14.4. The summed E-state index contributed by atoms with van der Waals surface area (Å²) < 4.78 is 9.68. The Labute approximate surface area is 171 Å². The highest BCUT2D eigenvalue weighted by molar-refractivity contribution is 5.96. The fraction of sp³-hybridized carbons (Fsp3) is 0.190. The number of nitrogens with one attached hydrogen (secondary N) is 2. The Morgan fingerprint density at radius 1 is 1.10 bits per heavy atom. The van der Waals surface area contributed by atoms with Gasteiger partial charge in [0.05, 0.1) is 30.2 Å². The van der Waals surface area contributed by atoms with Crippen LogP contribution in [0.5, 0.6) is 0 Å². The van der Waals surface area contributed by atoms with Gasteiger partial charge in [0.15, 0.2) is 6.61 Å². The summed E-state index contributed by atoms with van der Waals surface area (Å²) in [6, 6.07) is 11.5. The molecule has 154 valence electrons. The first-order valence-corrected chi connectivity index (χ1v) is 8.99. The van der Waals surface area contributed by atoms with Crippen molar-refractivity contribution in [1.29, 1.82) is 0 Å². The number of aryl methyl sites for hydroxylation is 1. The fourth-order valence-electron chi connectivity index (χ4n) is 2.83. The zero-order valence-corrected chi connectivity index (χ0v) is 16.4. The van der Waals surface area contributed by atoms with Crippen LogP contribution >= 0.6 is 0 Å². The summed E-state index contributed by atoms with van der Waals surface area (Å²) in [5.74, 6) is -1.76. The largest absolute Gasteiger partial charge is 0.465 e. The first kappa shape index (κ1) is 20.7. The summed E-state index contributed by atoms with van der Waals surface area (Å²) in [6.07, 6.45) is -0.207. The number of amides is 1. The number of fused-ring (bicyclic) bond motifs is 1. The molecule has 0 unspecified atom stereocenters. The number of hydrogen-bond donors (Lipinski definition) is 2. The Morgan fingerprint density at radius 3 is 2.57 bits per heavy atom. The Morgan fingerprint density at radius 2 is 1.83 bits per heavy atom. The number of aromatic nitrogens is 2. The minimum Gasteiger partial charge on any atom is -0.465 e. The van der Waals surface area contributed by atoms with Gasteiger partial charge in [0.2, 0.25) is 0 Å². The van der Waals surface area contributed by atoms with Gasteiger partial charge in [-0.25, -0.2) is 9.89 Å². The van der Waals surface area contributed by atoms with Crippen LogP contribution in [-0.4, -0.2) is 41.8 Å². The van der Waals surface area contributed by atoms with Crippen molar-refractivity contribution < 1.29 is 23.9 Å². The smallest absolute Gasteiger partial charge is 0.337 e. The van der Waals surface area contributed by atoms with Crippen LogP contribution in [-0.2, 0) is 25.5 Å². The summed E-state index contributed by atoms with van der Waals surface area (Å²) in [4.78, 5) is 47.7. The lowest BCUT2D eigenvalue weighted by molar-refractivity contribution is -0.146. The van der Waals surface area contributed by atoms with E-state index in [1.165, 1.54) is 13.2 Å². The molecular formula is C21H19N3O6. The number of anilines is 1. The third-order valence-electron chi connectivity index (χ3n) is 4.38. The van der Waals surface area contributed by atoms with Crippen molar-refractivity contribution in [2.24, 2.45) is 0 Å². The van der Waals surface area contributed by atoms with Gasteiger partial charge in [-0.2, -0.15) is 5.10 Å². The average Bonchev–Trinajstić information content (AvgIpc) is 2.75. The Balaban J connectivity index is 1.62. The van der Waals surface area contributed by atoms with Gasteiger partial charge in [0, 0.05) is 11.1 Å². The standard InChI is InChI=1S/C21H19N3O6/c1-12-7-8-13(21(28)29-2)9-16(12)22-18(25)11-30-19(26)10-17-14-5-3-4-6-15(14)20(27)24-23-17/h3-9H,10-11H2,1-2H3,(H,22,25)(H,24,27). The van der Waals surface area contributed by atoms with Gasteiger partial charge in [0.1, 0.15) is 0 Å². The molecule has 9 heteroatoms. The van der Waals surface area contributed by atoms with Crippen LogP contribution < -0.4 is 10.9 Å². The minimum atomic E-state index is -0.671. The lowest BCUT2D eigenvalue weighted by atomic mass is 10.1. The van der Waals surface area contributed by atoms with Gasteiger partial charge in [-0.1, -0.05) is 24.3 Å². The predicted octanol–water partition coefficient (Wildman–Crippen LogP) is 1.74. The van der Waals surface area contributed by atoms with E-state index in [0.717, 1.165) is 5.56 Å². The second kappa shape index (κ2) is 8.99. The third kappa shape index (κ3) is 4.69. The summed E-state index contributed by atoms with van der Waals surface area (Å²) in [6.45, 7) is 1.25. The molecule has 9 nitrogen and oxygen atoms in total. The van der Waals surface area contributed by atoms with E-state index in [9.17, 15) is 19.2 Å². The molecule has 0 saturated carbocycles. The molecule has 3 aromatic rings. The van der Waals surface area contributed by atoms with Crippen LogP contribution in [0.2, 0.25) is 0 Å². The van der Waals surface area contributed by atoms with E-state index in [1.54, 1.807) is 43.3 Å². The summed E-state index contributed by atoms with van der Waals surface area (Å²) in [5.41, 5.74) is 1.41. The van der Waals surface area contributed by atoms with Crippen molar-refractivity contribution in [3.05, 3.63) is 69.6 Å². The highest BCUT2D eigenvalue weighted by Crippen LogP contribution is 2.18. The monoisotopic (exact) mass is 409 g/mol. The van der Waals surface area contributed by atoms with E-state index >= 15 is 0 Å². The second-order valence-electron chi connectivity index (χ2n) is 6.45. The lowest BCUT2D eigenvalue weighted by Gasteiger charge is -2.10. The average molecular weight is 409 g/mol. The molecular weight excluding hydrogens is 390 g/mol. The fourth-order valence-corrected chi connectivity index (χ4v) is 2.83. The molecule has 30 heavy (non-hydrogen) atoms. The maximum atomic E-state index is 12.2. The number of benzene rings is 2. The lowest BCUT2D eigenvalue weighted by Crippen LogP contribution is -2.23. The Hall–Kier alpha value is -4.01. The second-order valence-corrected chi connectivity index (χ2v) is 6.45. The quantitative estimate of drug-likeness (QED) is 0.594. The SMILES string of the molecule is COC(=O)c1ccc(C)c(NC(=O)COC(=O)Cc2n[nH]c(=O)c3ccccc23)c1. The molecule has 0 atom stereocenters. The van der Waals surface area contributed by atoms with Crippen LogP contribution in [0.1, 0.15) is 21.6 Å². The Kier molecular flexibility index (Phi) is 6.21. The van der Waals surface area contributed by atoms with E-state index < -0.39 is 24.5 Å². The zero-order valence-electron chi connectivity index (χ0n) is 16.4. The highest BCUT2D eigenvalue weighted by atomic mass is 16.5. The van der Waals surface area contributed by atoms with Crippen molar-refractivity contribution >= 4 is 34.3 Å². The van der Waals surface area contributed by atoms with Gasteiger partial charge in [-0.15, -0.1) is 0 Å². The summed E-state index contributed by atoms with van der Waals surface area (Å²) in [5, 5.41) is 9.79. The molecule has 2 N–H and O–H groups in total. The molecule has 0 radical (unpaired) electrons. The van der Waals surface area contributed by atoms with Crippen molar-refractivity contribution in [2.45, 2.75) is 13.3 Å². The topological polar surface area (TPSA) is 127 Å². The van der Waals surface area contributed by atoms with Gasteiger partial charge in [-0.05, 0) is 30.7 Å². The maximum absolute atomic E-state index is 12.2. The maximum Gasteiger partial charge on any atom is 0.337 e. The normalized spacial score (nSPS) is 10.5. The number of carbonyl (C=O) groups is 3. The van der Waals surface area contributed by atoms with Gasteiger partial charge in [-0.3, -0.25) is 14.4 Å². The number of rotatable bonds is 6. The summed E-state index contributed by atoms with van der Waals surface area (Å²) in [7, 11) is 1.26. The van der Waals surface area contributed by atoms with Crippen LogP contribution in [0, 0.1) is 6.92 Å². The van der Waals surface area contributed by atoms with Crippen molar-refractivity contribution in [3.8, 4) is 0 Å². The molecule has 0 spiro atoms. The van der Waals surface area contributed by atoms with Gasteiger partial charge < -0.3 is 14.8 Å². The molecule has 0 aliphatic heterocycles. The molecule has 1 amide bonds. The molecule has 2 aromatic carbocycles. The van der Waals surface area contributed by atoms with Crippen LogP contribution in [0.15, 0.2) is 47.3 Å². The first-order valence-electron chi connectivity index (χ1n) is 8.99. The molecule has 0 bridgehead atoms. The minimum absolute atomic E-state index is 0.207. The molecule has 0 aliphatic rings. The van der Waals surface area contributed by atoms with Crippen LogP contribution in [0.4, 0.5) is 5.69 Å². The number of nitrogens with zero attached hydrogens (tertiary/aromatic N) is 1. The number of hydrogen-bond acceptors (Lipinski definition) is 7. The number of H-pyrrole nitrogens is 1. The number of methoxy groups -OCH3 is 1. The van der Waals surface area contributed by atoms with E-state index in [4.69, 9.17) is 4.74 Å².